The Kier molecular flexibility index (Phi) is 3.47. The highest BCUT2D eigenvalue weighted by molar-refractivity contribution is 5.70. The molecule has 1 rings (SSSR count). The molecule has 0 atom stereocenters. The van der Waals surface area contributed by atoms with E-state index >= 15 is 0 Å². The van der Waals surface area contributed by atoms with Gasteiger partial charge in [0.05, 0.1) is 0 Å². The van der Waals surface area contributed by atoms with Crippen molar-refractivity contribution in [3.63, 3.8) is 0 Å². The van der Waals surface area contributed by atoms with Gasteiger partial charge in [-0.3, -0.25) is 4.79 Å². The number of carboxylic acid groups (broad SMARTS) is 1. The smallest absolute Gasteiger partial charge is 0.315 e. The van der Waals surface area contributed by atoms with Gasteiger partial charge < -0.3 is 10.5 Å². The molecule has 0 spiro atoms. The van der Waals surface area contributed by atoms with Crippen molar-refractivity contribution in [1.29, 1.82) is 0 Å². The van der Waals surface area contributed by atoms with Crippen LogP contribution in [0.15, 0.2) is 18.2 Å². The highest BCUT2D eigenvalue weighted by Crippen LogP contribution is 2.01. The molecule has 0 radical (unpaired) electrons. The molecule has 0 bridgehead atoms. The predicted octanol–water partition coefficient (Wildman–Crippen LogP) is 0.193. The molecule has 0 aromatic carbocycles. The first-order chi connectivity index (χ1) is 6.72. The van der Waals surface area contributed by atoms with E-state index in [4.69, 9.17) is 10.9 Å². The molecule has 4 N–H and O–H groups in total. The van der Waals surface area contributed by atoms with Gasteiger partial charge in [0, 0.05) is 0 Å². The van der Waals surface area contributed by atoms with Gasteiger partial charge in [0.25, 0.3) is 0 Å². The summed E-state index contributed by atoms with van der Waals surface area (Å²) in [6, 6.07) is 5.09. The summed E-state index contributed by atoms with van der Waals surface area (Å²) in [5.74, 6) is 9.77. The average molecular weight is 191 g/mol. The van der Waals surface area contributed by atoms with E-state index in [2.05, 4.69) is 22.3 Å². The molecule has 0 saturated heterocycles. The summed E-state index contributed by atoms with van der Waals surface area (Å²) in [4.78, 5) is 14.1. The zero-order chi connectivity index (χ0) is 10.4. The summed E-state index contributed by atoms with van der Waals surface area (Å²) >= 11 is 0. The zero-order valence-corrected chi connectivity index (χ0v) is 7.32. The minimum absolute atomic E-state index is 0.192. The van der Waals surface area contributed by atoms with Crippen LogP contribution in [-0.4, -0.2) is 16.1 Å². The van der Waals surface area contributed by atoms with E-state index in [1.165, 1.54) is 0 Å². The Bertz CT molecular complexity index is 393. The number of hydrogen-bond donors (Lipinski definition) is 3. The van der Waals surface area contributed by atoms with Crippen LogP contribution in [0.3, 0.4) is 0 Å². The van der Waals surface area contributed by atoms with Crippen LogP contribution in [0.4, 0.5) is 5.82 Å². The molecule has 0 fully saturated rings. The van der Waals surface area contributed by atoms with E-state index in [1.54, 1.807) is 18.2 Å². The second-order valence-electron chi connectivity index (χ2n) is 2.42. The number of aliphatic carboxylic acids is 1. The van der Waals surface area contributed by atoms with Crippen molar-refractivity contribution in [2.24, 2.45) is 5.84 Å². The second kappa shape index (κ2) is 4.84. The van der Waals surface area contributed by atoms with Crippen LogP contribution in [0.1, 0.15) is 12.1 Å². The maximum atomic E-state index is 10.2. The lowest BCUT2D eigenvalue weighted by molar-refractivity contribution is -0.135. The molecular formula is C9H9N3O2. The van der Waals surface area contributed by atoms with Crippen molar-refractivity contribution in [2.75, 3.05) is 5.43 Å². The number of nitrogens with one attached hydrogen (secondary N) is 1. The number of rotatable bonds is 2. The number of carbonyl (C=O) groups is 1. The largest absolute Gasteiger partial charge is 0.481 e. The number of hydrazine groups is 1. The van der Waals surface area contributed by atoms with Crippen LogP contribution in [0.5, 0.6) is 0 Å². The fraction of sp³-hybridized carbons (Fsp3) is 0.111. The topological polar surface area (TPSA) is 88.2 Å². The molecule has 0 aliphatic carbocycles. The maximum Gasteiger partial charge on any atom is 0.315 e. The molecule has 0 unspecified atom stereocenters. The van der Waals surface area contributed by atoms with Crippen LogP contribution in [0.25, 0.3) is 0 Å². The average Bonchev–Trinajstić information content (AvgIpc) is 2.18. The van der Waals surface area contributed by atoms with E-state index in [0.29, 0.717) is 11.5 Å². The van der Waals surface area contributed by atoms with E-state index in [9.17, 15) is 4.79 Å². The van der Waals surface area contributed by atoms with Gasteiger partial charge in [-0.1, -0.05) is 12.0 Å². The molecule has 0 saturated carbocycles. The molecule has 1 aromatic heterocycles. The third kappa shape index (κ3) is 3.13. The number of nitrogens with zero attached hydrogens (tertiary/aromatic N) is 1. The van der Waals surface area contributed by atoms with Gasteiger partial charge >= 0.3 is 5.97 Å². The Morgan fingerprint density at radius 1 is 1.64 bits per heavy atom. The summed E-state index contributed by atoms with van der Waals surface area (Å²) in [5.41, 5.74) is 2.86. The van der Waals surface area contributed by atoms with Crippen LogP contribution >= 0.6 is 0 Å². The highest BCUT2D eigenvalue weighted by Gasteiger charge is 1.92. The van der Waals surface area contributed by atoms with Gasteiger partial charge in [-0.15, -0.1) is 0 Å². The van der Waals surface area contributed by atoms with Crippen LogP contribution < -0.4 is 11.3 Å². The molecule has 5 nitrogen and oxygen atoms in total. The Hall–Kier alpha value is -2.06. The molecule has 1 aromatic rings. The molecule has 72 valence electrons. The number of nitrogens with two attached hydrogens (primary N) is 1. The molecular weight excluding hydrogens is 182 g/mol. The highest BCUT2D eigenvalue weighted by atomic mass is 16.4. The van der Waals surface area contributed by atoms with Gasteiger partial charge in [0.1, 0.15) is 17.9 Å². The van der Waals surface area contributed by atoms with Crippen molar-refractivity contribution < 1.29 is 9.90 Å². The Balaban J connectivity index is 2.74. The SMILES string of the molecule is NNc1cccc(C#CCC(=O)O)n1. The third-order valence-corrected chi connectivity index (χ3v) is 1.35. The molecule has 14 heavy (non-hydrogen) atoms. The number of aromatic nitrogens is 1. The fourth-order valence-corrected chi connectivity index (χ4v) is 0.795. The van der Waals surface area contributed by atoms with Gasteiger partial charge in [0.2, 0.25) is 0 Å². The summed E-state index contributed by atoms with van der Waals surface area (Å²) in [5, 5.41) is 8.34. The number of anilines is 1. The first-order valence-electron chi connectivity index (χ1n) is 3.86. The first-order valence-corrected chi connectivity index (χ1v) is 3.86. The summed E-state index contributed by atoms with van der Waals surface area (Å²) in [6.07, 6.45) is -0.192. The molecule has 5 heteroatoms. The Labute approximate surface area is 80.9 Å². The third-order valence-electron chi connectivity index (χ3n) is 1.35. The standard InChI is InChI=1S/C9H9N3O2/c10-12-8-5-1-3-7(11-8)4-2-6-9(13)14/h1,3,5H,6,10H2,(H,11,12)(H,13,14). The van der Waals surface area contributed by atoms with Gasteiger partial charge in [-0.25, -0.2) is 10.8 Å². The van der Waals surface area contributed by atoms with Crippen molar-refractivity contribution in [1.82, 2.24) is 4.98 Å². The Morgan fingerprint density at radius 2 is 2.43 bits per heavy atom. The van der Waals surface area contributed by atoms with Crippen molar-refractivity contribution in [3.05, 3.63) is 23.9 Å². The van der Waals surface area contributed by atoms with Crippen LogP contribution in [0.2, 0.25) is 0 Å². The quantitative estimate of drug-likeness (QED) is 0.353. The maximum absolute atomic E-state index is 10.2. The fourth-order valence-electron chi connectivity index (χ4n) is 0.795. The molecule has 1 heterocycles. The van der Waals surface area contributed by atoms with Crippen molar-refractivity contribution in [2.45, 2.75) is 6.42 Å². The minimum atomic E-state index is -0.953. The lowest BCUT2D eigenvalue weighted by atomic mass is 10.3. The van der Waals surface area contributed by atoms with Gasteiger partial charge in [-0.05, 0) is 18.1 Å². The lowest BCUT2D eigenvalue weighted by Gasteiger charge is -1.96. The van der Waals surface area contributed by atoms with E-state index in [1.807, 2.05) is 0 Å². The number of hydrogen-bond acceptors (Lipinski definition) is 4. The predicted molar refractivity (Wildman–Crippen MR) is 51.2 cm³/mol. The Morgan fingerprint density at radius 3 is 3.07 bits per heavy atom. The normalized spacial score (nSPS) is 8.64. The van der Waals surface area contributed by atoms with E-state index < -0.39 is 5.97 Å². The number of nitrogen functional groups attached to an aromatic ring is 1. The first kappa shape index (κ1) is 10.0. The number of carboxylic acids is 1. The lowest BCUT2D eigenvalue weighted by Crippen LogP contribution is -2.08. The molecule has 0 aliphatic heterocycles. The van der Waals surface area contributed by atoms with Crippen LogP contribution in [0, 0.1) is 11.8 Å². The van der Waals surface area contributed by atoms with E-state index in [0.717, 1.165) is 0 Å². The monoisotopic (exact) mass is 191 g/mol. The van der Waals surface area contributed by atoms with Gasteiger partial charge in [-0.2, -0.15) is 0 Å². The van der Waals surface area contributed by atoms with Crippen molar-refractivity contribution in [3.8, 4) is 11.8 Å². The zero-order valence-electron chi connectivity index (χ0n) is 7.32. The molecule has 0 amide bonds. The van der Waals surface area contributed by atoms with Crippen LogP contribution in [-0.2, 0) is 4.79 Å². The number of pyridine rings is 1. The summed E-state index contributed by atoms with van der Waals surface area (Å²) < 4.78 is 0. The minimum Gasteiger partial charge on any atom is -0.481 e. The van der Waals surface area contributed by atoms with Gasteiger partial charge in [0.15, 0.2) is 0 Å². The summed E-state index contributed by atoms with van der Waals surface area (Å²) in [6.45, 7) is 0. The second-order valence-corrected chi connectivity index (χ2v) is 2.42. The van der Waals surface area contributed by atoms with Crippen molar-refractivity contribution >= 4 is 11.8 Å². The molecule has 0 aliphatic rings. The summed E-state index contributed by atoms with van der Waals surface area (Å²) in [7, 11) is 0. The van der Waals surface area contributed by atoms with E-state index in [-0.39, 0.29) is 6.42 Å².